The molecule has 0 bridgehead atoms. The number of hydrogen-bond acceptors (Lipinski definition) is 7. The highest BCUT2D eigenvalue weighted by molar-refractivity contribution is 7.99. The number of hydrogen-bond donors (Lipinski definition) is 2. The molecule has 1 aromatic heterocycles. The molecule has 2 aromatic carbocycles. The van der Waals surface area contributed by atoms with Gasteiger partial charge in [-0.25, -0.2) is 22.9 Å². The Kier molecular flexibility index (Phi) is 7.11. The number of fused-ring (bicyclic) bond motifs is 1. The lowest BCUT2D eigenvalue weighted by Crippen LogP contribution is -2.16. The maximum Gasteiger partial charge on any atom is 0.271 e. The van der Waals surface area contributed by atoms with Gasteiger partial charge in [-0.15, -0.1) is 0 Å². The fourth-order valence-electron chi connectivity index (χ4n) is 2.95. The average Bonchev–Trinajstić information content (AvgIpc) is 3.08. The lowest BCUT2D eigenvalue weighted by Gasteiger charge is -2.09. The van der Waals surface area contributed by atoms with Crippen LogP contribution in [0.15, 0.2) is 46.5 Å². The number of nitro groups is 1. The number of imidazole rings is 1. The van der Waals surface area contributed by atoms with Crippen molar-refractivity contribution in [3.05, 3.63) is 52.3 Å². The molecule has 0 atom stereocenters. The fourth-order valence-corrected chi connectivity index (χ4v) is 4.32. The summed E-state index contributed by atoms with van der Waals surface area (Å²) in [5, 5.41) is 18.9. The molecule has 3 aromatic rings. The summed E-state index contributed by atoms with van der Waals surface area (Å²) in [6.07, 6.45) is 1.74. The van der Waals surface area contributed by atoms with E-state index in [0.717, 1.165) is 42.8 Å². The van der Waals surface area contributed by atoms with Crippen LogP contribution in [0.1, 0.15) is 19.8 Å². The van der Waals surface area contributed by atoms with Crippen LogP contribution in [-0.4, -0.2) is 34.6 Å². The van der Waals surface area contributed by atoms with Crippen molar-refractivity contribution in [2.75, 3.05) is 11.1 Å². The fraction of sp³-hybridized carbons (Fsp3) is 0.263. The van der Waals surface area contributed by atoms with Gasteiger partial charge in [0, 0.05) is 18.7 Å². The number of benzene rings is 2. The number of nitro benzene ring substituents is 1. The smallest absolute Gasteiger partial charge is 0.271 e. The zero-order chi connectivity index (χ0) is 23.5. The van der Waals surface area contributed by atoms with E-state index >= 15 is 0 Å². The van der Waals surface area contributed by atoms with E-state index in [2.05, 4.69) is 10.3 Å². The molecular formula is C19H20FN5O5S2. The molecule has 13 heteroatoms. The summed E-state index contributed by atoms with van der Waals surface area (Å²) in [7, 11) is -3.89. The normalized spacial score (nSPS) is 11.6. The third-order valence-corrected chi connectivity index (χ3v) is 6.40. The first-order chi connectivity index (χ1) is 15.1. The molecule has 0 unspecified atom stereocenters. The molecule has 0 spiro atoms. The topological polar surface area (TPSA) is 150 Å². The monoisotopic (exact) mass is 481 g/mol. The van der Waals surface area contributed by atoms with Crippen molar-refractivity contribution < 1.29 is 22.5 Å². The van der Waals surface area contributed by atoms with Crippen LogP contribution < -0.4 is 10.5 Å². The van der Waals surface area contributed by atoms with Gasteiger partial charge in [0.05, 0.1) is 32.3 Å². The number of aromatic nitrogens is 2. The van der Waals surface area contributed by atoms with Crippen LogP contribution in [0.2, 0.25) is 0 Å². The number of nitrogens with one attached hydrogen (secondary N) is 1. The lowest BCUT2D eigenvalue weighted by atomic mass is 10.2. The van der Waals surface area contributed by atoms with E-state index in [-0.39, 0.29) is 22.0 Å². The number of rotatable bonds is 9. The standard InChI is InChI=1S/C19H20FN5O5S2/c1-2-3-8-24-17-7-5-13(32(21,29)30)10-16(17)23-19(24)31-11-18(26)22-15-9-12(25(27)28)4-6-14(15)20/h4-7,9-10H,2-3,8,11H2,1H3,(H,22,26)(H2,21,29,30). The summed E-state index contributed by atoms with van der Waals surface area (Å²) in [6, 6.07) is 7.24. The minimum atomic E-state index is -3.89. The predicted molar refractivity (Wildman–Crippen MR) is 118 cm³/mol. The lowest BCUT2D eigenvalue weighted by molar-refractivity contribution is -0.384. The second-order valence-corrected chi connectivity index (χ2v) is 9.36. The van der Waals surface area contributed by atoms with Crippen molar-refractivity contribution in [2.24, 2.45) is 5.14 Å². The number of halogens is 1. The summed E-state index contributed by atoms with van der Waals surface area (Å²) in [6.45, 7) is 2.62. The number of amides is 1. The van der Waals surface area contributed by atoms with Crippen molar-refractivity contribution in [1.29, 1.82) is 0 Å². The number of thioether (sulfide) groups is 1. The van der Waals surface area contributed by atoms with Gasteiger partial charge < -0.3 is 9.88 Å². The Hall–Kier alpha value is -3.03. The Labute approximate surface area is 187 Å². The second kappa shape index (κ2) is 9.63. The molecule has 0 aliphatic heterocycles. The van der Waals surface area contributed by atoms with Crippen LogP contribution in [-0.2, 0) is 21.4 Å². The van der Waals surface area contributed by atoms with E-state index in [9.17, 15) is 27.7 Å². The highest BCUT2D eigenvalue weighted by Gasteiger charge is 2.17. The first kappa shape index (κ1) is 23.6. The van der Waals surface area contributed by atoms with Gasteiger partial charge in [0.2, 0.25) is 15.9 Å². The molecule has 0 saturated heterocycles. The number of nitrogens with two attached hydrogens (primary N) is 1. The maximum atomic E-state index is 13.9. The van der Waals surface area contributed by atoms with Crippen molar-refractivity contribution in [3.63, 3.8) is 0 Å². The molecule has 0 fully saturated rings. The van der Waals surface area contributed by atoms with Gasteiger partial charge in [0.1, 0.15) is 5.82 Å². The van der Waals surface area contributed by atoms with E-state index in [1.807, 2.05) is 11.5 Å². The number of anilines is 1. The number of carbonyl (C=O) groups excluding carboxylic acids is 1. The molecule has 1 heterocycles. The molecule has 1 amide bonds. The predicted octanol–water partition coefficient (Wildman–Crippen LogP) is 3.26. The third-order valence-electron chi connectivity index (χ3n) is 4.52. The van der Waals surface area contributed by atoms with Crippen LogP contribution in [0, 0.1) is 15.9 Å². The van der Waals surface area contributed by atoms with Crippen molar-refractivity contribution in [3.8, 4) is 0 Å². The Balaban J connectivity index is 1.82. The van der Waals surface area contributed by atoms with Gasteiger partial charge in [-0.05, 0) is 30.7 Å². The van der Waals surface area contributed by atoms with Crippen molar-refractivity contribution >= 4 is 50.1 Å². The Bertz CT molecular complexity index is 1290. The zero-order valence-corrected chi connectivity index (χ0v) is 18.6. The number of nitrogens with zero attached hydrogens (tertiary/aromatic N) is 3. The van der Waals surface area contributed by atoms with Gasteiger partial charge in [-0.3, -0.25) is 14.9 Å². The van der Waals surface area contributed by atoms with Crippen molar-refractivity contribution in [2.45, 2.75) is 36.4 Å². The summed E-state index contributed by atoms with van der Waals surface area (Å²) in [4.78, 5) is 26.9. The van der Waals surface area contributed by atoms with E-state index in [1.165, 1.54) is 12.1 Å². The summed E-state index contributed by atoms with van der Waals surface area (Å²) >= 11 is 1.08. The van der Waals surface area contributed by atoms with E-state index in [4.69, 9.17) is 5.14 Å². The molecule has 0 aliphatic rings. The van der Waals surface area contributed by atoms with Gasteiger partial charge in [-0.1, -0.05) is 25.1 Å². The summed E-state index contributed by atoms with van der Waals surface area (Å²) in [5.41, 5.74) is 0.474. The third kappa shape index (κ3) is 5.41. The first-order valence-electron chi connectivity index (χ1n) is 9.50. The highest BCUT2D eigenvalue weighted by atomic mass is 32.2. The van der Waals surface area contributed by atoms with E-state index < -0.39 is 26.7 Å². The number of aryl methyl sites for hydroxylation is 1. The molecule has 170 valence electrons. The summed E-state index contributed by atoms with van der Waals surface area (Å²) < 4.78 is 39.1. The SMILES string of the molecule is CCCCn1c(SCC(=O)Nc2cc([N+](=O)[O-])ccc2F)nc2cc(S(N)(=O)=O)ccc21. The van der Waals surface area contributed by atoms with Gasteiger partial charge in [-0.2, -0.15) is 0 Å². The largest absolute Gasteiger partial charge is 0.323 e. The zero-order valence-electron chi connectivity index (χ0n) is 16.9. The molecule has 3 N–H and O–H groups in total. The van der Waals surface area contributed by atoms with Gasteiger partial charge >= 0.3 is 0 Å². The molecule has 0 saturated carbocycles. The number of sulfonamides is 1. The number of carbonyl (C=O) groups is 1. The molecule has 0 aliphatic carbocycles. The number of primary sulfonamides is 1. The van der Waals surface area contributed by atoms with Crippen LogP contribution in [0.25, 0.3) is 11.0 Å². The molecule has 32 heavy (non-hydrogen) atoms. The molecule has 3 rings (SSSR count). The van der Waals surface area contributed by atoms with E-state index in [1.54, 1.807) is 6.07 Å². The quantitative estimate of drug-likeness (QED) is 0.270. The average molecular weight is 482 g/mol. The molecular weight excluding hydrogens is 461 g/mol. The van der Waals surface area contributed by atoms with Crippen LogP contribution >= 0.6 is 11.8 Å². The van der Waals surface area contributed by atoms with Crippen molar-refractivity contribution in [1.82, 2.24) is 9.55 Å². The number of non-ortho nitro benzene ring substituents is 1. The van der Waals surface area contributed by atoms with Crippen LogP contribution in [0.3, 0.4) is 0 Å². The van der Waals surface area contributed by atoms with Crippen LogP contribution in [0.5, 0.6) is 0 Å². The second-order valence-electron chi connectivity index (χ2n) is 6.85. The Morgan fingerprint density at radius 3 is 2.72 bits per heavy atom. The van der Waals surface area contributed by atoms with Crippen LogP contribution in [0.4, 0.5) is 15.8 Å². The van der Waals surface area contributed by atoms with Gasteiger partial charge in [0.15, 0.2) is 5.16 Å². The first-order valence-corrected chi connectivity index (χ1v) is 12.0. The Morgan fingerprint density at radius 2 is 2.06 bits per heavy atom. The minimum Gasteiger partial charge on any atom is -0.323 e. The minimum absolute atomic E-state index is 0.0689. The molecule has 0 radical (unpaired) electrons. The highest BCUT2D eigenvalue weighted by Crippen LogP contribution is 2.27. The van der Waals surface area contributed by atoms with Gasteiger partial charge in [0.25, 0.3) is 5.69 Å². The number of unbranched alkanes of at least 4 members (excludes halogenated alkanes) is 1. The molecule has 10 nitrogen and oxygen atoms in total. The Morgan fingerprint density at radius 1 is 1.31 bits per heavy atom. The van der Waals surface area contributed by atoms with E-state index in [0.29, 0.717) is 22.7 Å². The summed E-state index contributed by atoms with van der Waals surface area (Å²) in [5.74, 6) is -1.51. The maximum absolute atomic E-state index is 13.9.